The van der Waals surface area contributed by atoms with Crippen molar-refractivity contribution in [3.63, 3.8) is 0 Å². The predicted octanol–water partition coefficient (Wildman–Crippen LogP) is 5.42. The summed E-state index contributed by atoms with van der Waals surface area (Å²) in [7, 11) is 0. The molecule has 0 atom stereocenters. The summed E-state index contributed by atoms with van der Waals surface area (Å²) in [6, 6.07) is 27.1. The Kier molecular flexibility index (Phi) is 7.85. The zero-order chi connectivity index (χ0) is 20.5. The monoisotopic (exact) mass is 389 g/mol. The van der Waals surface area contributed by atoms with Crippen molar-refractivity contribution in [3.8, 4) is 5.75 Å². The van der Waals surface area contributed by atoms with E-state index >= 15 is 0 Å². The Morgan fingerprint density at radius 1 is 0.759 bits per heavy atom. The lowest BCUT2D eigenvalue weighted by atomic mass is 10.1. The fourth-order valence-corrected chi connectivity index (χ4v) is 3.34. The maximum absolute atomic E-state index is 9.62. The van der Waals surface area contributed by atoms with E-state index in [0.717, 1.165) is 36.5 Å². The maximum atomic E-state index is 9.62. The molecule has 29 heavy (non-hydrogen) atoms. The highest BCUT2D eigenvalue weighted by Gasteiger charge is 2.13. The molecule has 0 aliphatic heterocycles. The van der Waals surface area contributed by atoms with Crippen LogP contribution in [0.25, 0.3) is 0 Å². The van der Waals surface area contributed by atoms with Gasteiger partial charge < -0.3 is 9.84 Å². The third-order valence-corrected chi connectivity index (χ3v) is 4.77. The van der Waals surface area contributed by atoms with E-state index in [-0.39, 0.29) is 6.61 Å². The number of nitrogens with zero attached hydrogens (tertiary/aromatic N) is 1. The molecule has 0 radical (unpaired) electrons. The Morgan fingerprint density at radius 2 is 1.34 bits per heavy atom. The summed E-state index contributed by atoms with van der Waals surface area (Å²) in [6.07, 6.45) is 0. The first kappa shape index (κ1) is 21.1. The summed E-state index contributed by atoms with van der Waals surface area (Å²) in [5.41, 5.74) is 4.60. The molecule has 3 rings (SSSR count). The van der Waals surface area contributed by atoms with Crippen molar-refractivity contribution in [1.29, 1.82) is 0 Å². The predicted molar refractivity (Wildman–Crippen MR) is 119 cm³/mol. The molecule has 3 aromatic rings. The topological polar surface area (TPSA) is 32.7 Å². The minimum absolute atomic E-state index is 0.0365. The first-order chi connectivity index (χ1) is 14.1. The molecule has 3 nitrogen and oxygen atoms in total. The summed E-state index contributed by atoms with van der Waals surface area (Å²) in [4.78, 5) is 2.42. The number of benzene rings is 3. The van der Waals surface area contributed by atoms with Gasteiger partial charge in [0.25, 0.3) is 0 Å². The van der Waals surface area contributed by atoms with Crippen LogP contribution in [0.4, 0.5) is 0 Å². The number of aliphatic hydroxyl groups excluding tert-OH is 1. The van der Waals surface area contributed by atoms with Gasteiger partial charge in [-0.25, -0.2) is 0 Å². The molecule has 0 aliphatic rings. The molecule has 0 amide bonds. The Balaban J connectivity index is 1.85. The highest BCUT2D eigenvalue weighted by Crippen LogP contribution is 2.25. The van der Waals surface area contributed by atoms with Gasteiger partial charge in [0, 0.05) is 25.2 Å². The van der Waals surface area contributed by atoms with E-state index < -0.39 is 0 Å². The highest BCUT2D eigenvalue weighted by atomic mass is 16.5. The molecule has 0 bridgehead atoms. The summed E-state index contributed by atoms with van der Waals surface area (Å²) in [6.45, 7) is 7.48. The van der Waals surface area contributed by atoms with Crippen LogP contribution in [0, 0.1) is 5.92 Å². The van der Waals surface area contributed by atoms with Crippen LogP contribution in [0.1, 0.15) is 36.1 Å². The lowest BCUT2D eigenvalue weighted by Crippen LogP contribution is -2.23. The molecule has 0 spiro atoms. The summed E-state index contributed by atoms with van der Waals surface area (Å²) < 4.78 is 6.09. The summed E-state index contributed by atoms with van der Waals surface area (Å²) in [5.74, 6) is 1.37. The second-order valence-corrected chi connectivity index (χ2v) is 7.92. The van der Waals surface area contributed by atoms with Crippen molar-refractivity contribution in [2.24, 2.45) is 5.92 Å². The highest BCUT2D eigenvalue weighted by molar-refractivity contribution is 5.37. The Labute approximate surface area is 174 Å². The standard InChI is InChI=1S/C26H31NO2/c1-21(2)20-29-26-14-13-24(19-28)15-25(26)18-27(16-22-9-5-3-6-10-22)17-23-11-7-4-8-12-23/h3-15,21,28H,16-20H2,1-2H3. The average Bonchev–Trinajstić information content (AvgIpc) is 2.74. The first-order valence-corrected chi connectivity index (χ1v) is 10.3. The minimum atomic E-state index is 0.0365. The van der Waals surface area contributed by atoms with Crippen LogP contribution >= 0.6 is 0 Å². The fourth-order valence-electron chi connectivity index (χ4n) is 3.34. The van der Waals surface area contributed by atoms with Crippen molar-refractivity contribution >= 4 is 0 Å². The zero-order valence-electron chi connectivity index (χ0n) is 17.4. The van der Waals surface area contributed by atoms with Gasteiger partial charge >= 0.3 is 0 Å². The van der Waals surface area contributed by atoms with Crippen molar-refractivity contribution in [3.05, 3.63) is 101 Å². The van der Waals surface area contributed by atoms with Crippen molar-refractivity contribution < 1.29 is 9.84 Å². The van der Waals surface area contributed by atoms with Gasteiger partial charge in [-0.05, 0) is 34.7 Å². The van der Waals surface area contributed by atoms with Gasteiger partial charge in [-0.2, -0.15) is 0 Å². The fraction of sp³-hybridized carbons (Fsp3) is 0.308. The van der Waals surface area contributed by atoms with Crippen molar-refractivity contribution in [2.75, 3.05) is 6.61 Å². The van der Waals surface area contributed by atoms with Crippen molar-refractivity contribution in [2.45, 2.75) is 40.1 Å². The van der Waals surface area contributed by atoms with Crippen LogP contribution in [0.15, 0.2) is 78.9 Å². The van der Waals surface area contributed by atoms with E-state index in [1.54, 1.807) is 0 Å². The molecule has 1 N–H and O–H groups in total. The van der Waals surface area contributed by atoms with Crippen LogP contribution in [0.2, 0.25) is 0 Å². The van der Waals surface area contributed by atoms with E-state index in [2.05, 4.69) is 73.3 Å². The molecule has 0 heterocycles. The van der Waals surface area contributed by atoms with Crippen LogP contribution in [0.3, 0.4) is 0 Å². The molecule has 0 fully saturated rings. The zero-order valence-corrected chi connectivity index (χ0v) is 17.4. The smallest absolute Gasteiger partial charge is 0.123 e. The normalized spacial score (nSPS) is 11.2. The Hall–Kier alpha value is -2.62. The molecular formula is C26H31NO2. The SMILES string of the molecule is CC(C)COc1ccc(CO)cc1CN(Cc1ccccc1)Cc1ccccc1. The summed E-state index contributed by atoms with van der Waals surface area (Å²) >= 11 is 0. The molecule has 0 saturated carbocycles. The van der Waals surface area contributed by atoms with Gasteiger partial charge in [0.1, 0.15) is 5.75 Å². The second kappa shape index (κ2) is 10.8. The minimum Gasteiger partial charge on any atom is -0.493 e. The van der Waals surface area contributed by atoms with Gasteiger partial charge in [0.05, 0.1) is 13.2 Å². The lowest BCUT2D eigenvalue weighted by molar-refractivity contribution is 0.231. The van der Waals surface area contributed by atoms with Gasteiger partial charge in [0.2, 0.25) is 0 Å². The quantitative estimate of drug-likeness (QED) is 0.503. The van der Waals surface area contributed by atoms with Gasteiger partial charge in [-0.3, -0.25) is 4.90 Å². The summed E-state index contributed by atoms with van der Waals surface area (Å²) in [5, 5.41) is 9.62. The number of hydrogen-bond acceptors (Lipinski definition) is 3. The van der Waals surface area contributed by atoms with Gasteiger partial charge in [-0.15, -0.1) is 0 Å². The Morgan fingerprint density at radius 3 is 1.86 bits per heavy atom. The van der Waals surface area contributed by atoms with E-state index in [9.17, 15) is 5.11 Å². The van der Waals surface area contributed by atoms with Crippen LogP contribution in [-0.4, -0.2) is 16.6 Å². The second-order valence-electron chi connectivity index (χ2n) is 7.92. The molecular weight excluding hydrogens is 358 g/mol. The lowest BCUT2D eigenvalue weighted by Gasteiger charge is -2.24. The molecule has 0 aliphatic carbocycles. The molecule has 0 unspecified atom stereocenters. The Bertz CT molecular complexity index is 821. The third kappa shape index (κ3) is 6.74. The van der Waals surface area contributed by atoms with E-state index in [0.29, 0.717) is 12.5 Å². The number of hydrogen-bond donors (Lipinski definition) is 1. The molecule has 3 heteroatoms. The molecule has 0 saturated heterocycles. The average molecular weight is 390 g/mol. The number of aliphatic hydroxyl groups is 1. The molecule has 3 aromatic carbocycles. The first-order valence-electron chi connectivity index (χ1n) is 10.3. The largest absolute Gasteiger partial charge is 0.493 e. The molecule has 152 valence electrons. The van der Waals surface area contributed by atoms with Crippen LogP contribution in [0.5, 0.6) is 5.75 Å². The maximum Gasteiger partial charge on any atom is 0.123 e. The van der Waals surface area contributed by atoms with Crippen molar-refractivity contribution in [1.82, 2.24) is 4.90 Å². The van der Waals surface area contributed by atoms with Crippen LogP contribution < -0.4 is 4.74 Å². The van der Waals surface area contributed by atoms with E-state index in [1.807, 2.05) is 24.3 Å². The van der Waals surface area contributed by atoms with Gasteiger partial charge in [0.15, 0.2) is 0 Å². The number of rotatable bonds is 10. The molecule has 0 aromatic heterocycles. The van der Waals surface area contributed by atoms with Crippen LogP contribution in [-0.2, 0) is 26.2 Å². The van der Waals surface area contributed by atoms with Gasteiger partial charge in [-0.1, -0.05) is 80.6 Å². The van der Waals surface area contributed by atoms with E-state index in [1.165, 1.54) is 11.1 Å². The third-order valence-electron chi connectivity index (χ3n) is 4.77. The number of ether oxygens (including phenoxy) is 1. The van der Waals surface area contributed by atoms with E-state index in [4.69, 9.17) is 4.74 Å².